The van der Waals surface area contributed by atoms with Crippen LogP contribution in [-0.4, -0.2) is 22.4 Å². The van der Waals surface area contributed by atoms with Gasteiger partial charge < -0.3 is 10.6 Å². The highest BCUT2D eigenvalue weighted by atomic mass is 19.1. The molecule has 1 fully saturated rings. The van der Waals surface area contributed by atoms with Crippen molar-refractivity contribution in [3.63, 3.8) is 0 Å². The quantitative estimate of drug-likeness (QED) is 0.756. The molecule has 1 aromatic rings. The minimum absolute atomic E-state index is 0.120. The molecule has 92 valence electrons. The molecule has 1 saturated heterocycles. The van der Waals surface area contributed by atoms with Gasteiger partial charge in [-0.1, -0.05) is 18.2 Å². The van der Waals surface area contributed by atoms with Crippen molar-refractivity contribution in [1.82, 2.24) is 4.90 Å². The van der Waals surface area contributed by atoms with Crippen molar-refractivity contribution < 1.29 is 9.18 Å². The van der Waals surface area contributed by atoms with Crippen LogP contribution in [0, 0.1) is 5.82 Å². The molecule has 2 N–H and O–H groups in total. The van der Waals surface area contributed by atoms with Crippen LogP contribution in [0.25, 0.3) is 0 Å². The van der Waals surface area contributed by atoms with Gasteiger partial charge in [0.2, 0.25) is 5.91 Å². The molecule has 1 heterocycles. The standard InChI is InChI=1S/C13H17FN2O/c1-13(2,3)16-11(10(15)12(16)17)8-6-4-5-7-9(8)14/h4-7,10-11H,15H2,1-3H3/t10-,11+/m1/s1. The maximum absolute atomic E-state index is 13.7. The van der Waals surface area contributed by atoms with Crippen LogP contribution in [0.2, 0.25) is 0 Å². The Morgan fingerprint density at radius 1 is 1.29 bits per heavy atom. The number of hydrogen-bond donors (Lipinski definition) is 1. The Morgan fingerprint density at radius 2 is 1.88 bits per heavy atom. The van der Waals surface area contributed by atoms with Crippen LogP contribution in [0.5, 0.6) is 0 Å². The van der Waals surface area contributed by atoms with Gasteiger partial charge in [0.1, 0.15) is 11.9 Å². The Hall–Kier alpha value is -1.42. The summed E-state index contributed by atoms with van der Waals surface area (Å²) in [7, 11) is 0. The number of hydrogen-bond acceptors (Lipinski definition) is 2. The predicted octanol–water partition coefficient (Wildman–Crippen LogP) is 1.83. The monoisotopic (exact) mass is 236 g/mol. The molecule has 2 atom stereocenters. The molecule has 0 spiro atoms. The normalized spacial score (nSPS) is 24.8. The lowest BCUT2D eigenvalue weighted by Crippen LogP contribution is -2.68. The lowest BCUT2D eigenvalue weighted by Gasteiger charge is -2.52. The number of benzene rings is 1. The molecule has 0 saturated carbocycles. The number of amides is 1. The van der Waals surface area contributed by atoms with Crippen LogP contribution in [0.15, 0.2) is 24.3 Å². The van der Waals surface area contributed by atoms with Gasteiger partial charge in [0.05, 0.1) is 6.04 Å². The summed E-state index contributed by atoms with van der Waals surface area (Å²) >= 11 is 0. The van der Waals surface area contributed by atoms with E-state index in [9.17, 15) is 9.18 Å². The van der Waals surface area contributed by atoms with Crippen LogP contribution in [-0.2, 0) is 4.79 Å². The zero-order chi connectivity index (χ0) is 12.8. The van der Waals surface area contributed by atoms with E-state index in [1.54, 1.807) is 23.1 Å². The highest BCUT2D eigenvalue weighted by molar-refractivity contribution is 5.90. The molecule has 3 nitrogen and oxygen atoms in total. The molecule has 4 heteroatoms. The minimum Gasteiger partial charge on any atom is -0.327 e. The fourth-order valence-corrected chi connectivity index (χ4v) is 2.31. The van der Waals surface area contributed by atoms with E-state index in [1.807, 2.05) is 20.8 Å². The highest BCUT2D eigenvalue weighted by Crippen LogP contribution is 2.40. The summed E-state index contributed by atoms with van der Waals surface area (Å²) in [6.07, 6.45) is 0. The topological polar surface area (TPSA) is 46.3 Å². The summed E-state index contributed by atoms with van der Waals surface area (Å²) < 4.78 is 13.7. The first-order valence-corrected chi connectivity index (χ1v) is 5.67. The maximum Gasteiger partial charge on any atom is 0.243 e. The molecular formula is C13H17FN2O. The summed E-state index contributed by atoms with van der Waals surface area (Å²) in [6, 6.07) is 5.48. The second-order valence-electron chi connectivity index (χ2n) is 5.37. The number of β-lactam (4-membered cyclic amide) rings is 1. The van der Waals surface area contributed by atoms with Gasteiger partial charge in [-0.2, -0.15) is 0 Å². The number of rotatable bonds is 1. The van der Waals surface area contributed by atoms with Gasteiger partial charge in [-0.3, -0.25) is 4.79 Å². The molecule has 17 heavy (non-hydrogen) atoms. The third kappa shape index (κ3) is 1.82. The lowest BCUT2D eigenvalue weighted by molar-refractivity contribution is -0.158. The molecule has 1 aliphatic rings. The number of halogens is 1. The van der Waals surface area contributed by atoms with Crippen molar-refractivity contribution >= 4 is 5.91 Å². The van der Waals surface area contributed by atoms with Gasteiger partial charge in [0.15, 0.2) is 0 Å². The van der Waals surface area contributed by atoms with Gasteiger partial charge in [-0.25, -0.2) is 4.39 Å². The summed E-state index contributed by atoms with van der Waals surface area (Å²) in [4.78, 5) is 13.4. The molecule has 0 aromatic heterocycles. The van der Waals surface area contributed by atoms with Crippen LogP contribution >= 0.6 is 0 Å². The largest absolute Gasteiger partial charge is 0.327 e. The Balaban J connectivity index is 2.39. The number of nitrogens with two attached hydrogens (primary N) is 1. The number of nitrogens with zero attached hydrogens (tertiary/aromatic N) is 1. The molecular weight excluding hydrogens is 219 g/mol. The first-order valence-electron chi connectivity index (χ1n) is 5.67. The minimum atomic E-state index is -0.633. The molecule has 0 aliphatic carbocycles. The van der Waals surface area contributed by atoms with Crippen LogP contribution in [0.4, 0.5) is 4.39 Å². The van der Waals surface area contributed by atoms with Gasteiger partial charge in [0, 0.05) is 11.1 Å². The molecule has 1 aromatic carbocycles. The van der Waals surface area contributed by atoms with E-state index in [-0.39, 0.29) is 23.3 Å². The number of likely N-dealkylation sites (tertiary alicyclic amines) is 1. The first-order chi connectivity index (χ1) is 7.84. The molecule has 0 bridgehead atoms. The van der Waals surface area contributed by atoms with Gasteiger partial charge in [0.25, 0.3) is 0 Å². The molecule has 0 radical (unpaired) electrons. The fourth-order valence-electron chi connectivity index (χ4n) is 2.31. The van der Waals surface area contributed by atoms with E-state index in [1.165, 1.54) is 6.07 Å². The summed E-state index contributed by atoms with van der Waals surface area (Å²) in [5.41, 5.74) is 5.94. The Morgan fingerprint density at radius 3 is 2.41 bits per heavy atom. The average molecular weight is 236 g/mol. The second kappa shape index (κ2) is 3.81. The molecule has 1 amide bonds. The highest BCUT2D eigenvalue weighted by Gasteiger charge is 2.51. The Labute approximate surface area is 100 Å². The van der Waals surface area contributed by atoms with Crippen LogP contribution < -0.4 is 5.73 Å². The third-order valence-corrected chi connectivity index (χ3v) is 3.09. The number of carbonyl (C=O) groups excluding carboxylic acids is 1. The SMILES string of the molecule is CC(C)(C)N1C(=O)[C@H](N)[C@@H]1c1ccccc1F. The van der Waals surface area contributed by atoms with Gasteiger partial charge in [-0.05, 0) is 26.8 Å². The van der Waals surface area contributed by atoms with Crippen molar-refractivity contribution in [2.24, 2.45) is 5.73 Å². The molecule has 1 aliphatic heterocycles. The summed E-state index contributed by atoms with van der Waals surface area (Å²) in [5, 5.41) is 0. The van der Waals surface area contributed by atoms with E-state index in [4.69, 9.17) is 5.73 Å². The van der Waals surface area contributed by atoms with Gasteiger partial charge in [-0.15, -0.1) is 0 Å². The Kier molecular flexibility index (Phi) is 2.70. The lowest BCUT2D eigenvalue weighted by atomic mass is 9.84. The Bertz CT molecular complexity index is 453. The molecule has 2 rings (SSSR count). The average Bonchev–Trinajstić information content (AvgIpc) is 2.24. The zero-order valence-electron chi connectivity index (χ0n) is 10.3. The third-order valence-electron chi connectivity index (χ3n) is 3.09. The van der Waals surface area contributed by atoms with Crippen molar-refractivity contribution in [2.75, 3.05) is 0 Å². The van der Waals surface area contributed by atoms with E-state index in [0.717, 1.165) is 0 Å². The zero-order valence-corrected chi connectivity index (χ0v) is 10.3. The van der Waals surface area contributed by atoms with Gasteiger partial charge >= 0.3 is 0 Å². The second-order valence-corrected chi connectivity index (χ2v) is 5.37. The maximum atomic E-state index is 13.7. The van der Waals surface area contributed by atoms with Crippen molar-refractivity contribution in [2.45, 2.75) is 38.4 Å². The van der Waals surface area contributed by atoms with Crippen LogP contribution in [0.1, 0.15) is 32.4 Å². The van der Waals surface area contributed by atoms with E-state index in [0.29, 0.717) is 5.56 Å². The van der Waals surface area contributed by atoms with Crippen molar-refractivity contribution in [3.8, 4) is 0 Å². The van der Waals surface area contributed by atoms with Crippen LogP contribution in [0.3, 0.4) is 0 Å². The molecule has 0 unspecified atom stereocenters. The summed E-state index contributed by atoms with van der Waals surface area (Å²) in [5.74, 6) is -0.430. The van der Waals surface area contributed by atoms with E-state index < -0.39 is 6.04 Å². The summed E-state index contributed by atoms with van der Waals surface area (Å²) in [6.45, 7) is 5.76. The smallest absolute Gasteiger partial charge is 0.243 e. The number of carbonyl (C=O) groups is 1. The predicted molar refractivity (Wildman–Crippen MR) is 63.7 cm³/mol. The van der Waals surface area contributed by atoms with E-state index in [2.05, 4.69) is 0 Å². The fraction of sp³-hybridized carbons (Fsp3) is 0.462. The van der Waals surface area contributed by atoms with Crippen molar-refractivity contribution in [3.05, 3.63) is 35.6 Å². The first kappa shape index (κ1) is 12.0. The van der Waals surface area contributed by atoms with E-state index >= 15 is 0 Å². The van der Waals surface area contributed by atoms with Crippen molar-refractivity contribution in [1.29, 1.82) is 0 Å².